The van der Waals surface area contributed by atoms with Gasteiger partial charge in [-0.05, 0) is 31.0 Å². The molecule has 0 aliphatic heterocycles. The lowest BCUT2D eigenvalue weighted by Crippen LogP contribution is -1.93. The van der Waals surface area contributed by atoms with Gasteiger partial charge < -0.3 is 5.11 Å². The van der Waals surface area contributed by atoms with Gasteiger partial charge >= 0.3 is 0 Å². The molecule has 1 N–H and O–H groups in total. The molecule has 0 amide bonds. The fourth-order valence-corrected chi connectivity index (χ4v) is 1.45. The molecule has 0 saturated carbocycles. The van der Waals surface area contributed by atoms with Crippen molar-refractivity contribution in [2.45, 2.75) is 12.8 Å². The largest absolute Gasteiger partial charge is 0.396 e. The van der Waals surface area contributed by atoms with Gasteiger partial charge in [0.2, 0.25) is 0 Å². The second-order valence-electron chi connectivity index (χ2n) is 3.25. The highest BCUT2D eigenvalue weighted by atomic mass is 16.2. The minimum absolute atomic E-state index is 0.223. The normalized spacial score (nSPS) is 10.6. The van der Waals surface area contributed by atoms with Crippen LogP contribution in [0.5, 0.6) is 0 Å². The molecule has 0 saturated heterocycles. The average Bonchev–Trinajstić information content (AvgIpc) is 2.26. The standard InChI is InChI=1S/C12H12NO/c14-9-3-5-11-8-7-10-4-1-2-6-12(10)13-11/h1,4,6-8,14H,3,5,9H2. The van der Waals surface area contributed by atoms with Gasteiger partial charge in [-0.25, -0.2) is 0 Å². The van der Waals surface area contributed by atoms with Crippen molar-refractivity contribution in [2.24, 2.45) is 0 Å². The number of pyridine rings is 1. The molecule has 2 nitrogen and oxygen atoms in total. The first-order chi connectivity index (χ1) is 6.90. The zero-order chi connectivity index (χ0) is 9.80. The third-order valence-corrected chi connectivity index (χ3v) is 2.19. The van der Waals surface area contributed by atoms with E-state index in [0.29, 0.717) is 0 Å². The lowest BCUT2D eigenvalue weighted by molar-refractivity contribution is 0.288. The van der Waals surface area contributed by atoms with Gasteiger partial charge in [-0.15, -0.1) is 0 Å². The molecular weight excluding hydrogens is 174 g/mol. The van der Waals surface area contributed by atoms with E-state index < -0.39 is 0 Å². The Kier molecular flexibility index (Phi) is 2.75. The van der Waals surface area contributed by atoms with E-state index in [1.54, 1.807) is 0 Å². The molecule has 0 fully saturated rings. The molecule has 1 heterocycles. The molecule has 2 aromatic rings. The Labute approximate surface area is 83.2 Å². The molecule has 0 spiro atoms. The number of hydrogen-bond donors (Lipinski definition) is 1. The molecule has 71 valence electrons. The molecule has 2 heteroatoms. The predicted octanol–water partition coefficient (Wildman–Crippen LogP) is 1.96. The first-order valence-electron chi connectivity index (χ1n) is 4.77. The van der Waals surface area contributed by atoms with Gasteiger partial charge in [0.15, 0.2) is 0 Å². The highest BCUT2D eigenvalue weighted by Gasteiger charge is 1.97. The summed E-state index contributed by atoms with van der Waals surface area (Å²) in [5, 5.41) is 9.84. The monoisotopic (exact) mass is 186 g/mol. The van der Waals surface area contributed by atoms with Crippen molar-refractivity contribution in [3.8, 4) is 0 Å². The van der Waals surface area contributed by atoms with Crippen LogP contribution < -0.4 is 0 Å². The van der Waals surface area contributed by atoms with Crippen LogP contribution in [0.3, 0.4) is 0 Å². The van der Waals surface area contributed by atoms with Crippen LogP contribution in [0.1, 0.15) is 12.1 Å². The maximum atomic E-state index is 8.71. The molecule has 1 aromatic carbocycles. The summed E-state index contributed by atoms with van der Waals surface area (Å²) in [7, 11) is 0. The van der Waals surface area contributed by atoms with Crippen molar-refractivity contribution in [2.75, 3.05) is 6.61 Å². The van der Waals surface area contributed by atoms with E-state index >= 15 is 0 Å². The predicted molar refractivity (Wildman–Crippen MR) is 56.0 cm³/mol. The van der Waals surface area contributed by atoms with Crippen molar-refractivity contribution in [3.05, 3.63) is 42.1 Å². The Morgan fingerprint density at radius 2 is 2.21 bits per heavy atom. The van der Waals surface area contributed by atoms with Gasteiger partial charge in [0.05, 0.1) is 5.52 Å². The second kappa shape index (κ2) is 4.20. The maximum Gasteiger partial charge on any atom is 0.0711 e. The van der Waals surface area contributed by atoms with Crippen molar-refractivity contribution >= 4 is 10.9 Å². The van der Waals surface area contributed by atoms with Gasteiger partial charge in [-0.3, -0.25) is 4.98 Å². The number of rotatable bonds is 3. The molecule has 0 aliphatic carbocycles. The quantitative estimate of drug-likeness (QED) is 0.794. The number of benzene rings is 1. The fraction of sp³-hybridized carbons (Fsp3) is 0.250. The fourth-order valence-electron chi connectivity index (χ4n) is 1.45. The number of aryl methyl sites for hydroxylation is 1. The van der Waals surface area contributed by atoms with E-state index in [0.717, 1.165) is 29.4 Å². The summed E-state index contributed by atoms with van der Waals surface area (Å²) in [6.07, 6.45) is 1.61. The minimum Gasteiger partial charge on any atom is -0.396 e. The van der Waals surface area contributed by atoms with E-state index in [4.69, 9.17) is 5.11 Å². The van der Waals surface area contributed by atoms with E-state index in [2.05, 4.69) is 17.1 Å². The van der Waals surface area contributed by atoms with Crippen molar-refractivity contribution in [3.63, 3.8) is 0 Å². The molecule has 1 radical (unpaired) electrons. The van der Waals surface area contributed by atoms with Crippen LogP contribution in [0.15, 0.2) is 30.3 Å². The number of hydrogen-bond acceptors (Lipinski definition) is 2. The van der Waals surface area contributed by atoms with Crippen molar-refractivity contribution < 1.29 is 5.11 Å². The summed E-state index contributed by atoms with van der Waals surface area (Å²) in [4.78, 5) is 4.47. The SMILES string of the molecule is OCCCc1ccc2cc[c]cc2n1. The Morgan fingerprint density at radius 1 is 1.29 bits per heavy atom. The molecule has 0 atom stereocenters. The van der Waals surface area contributed by atoms with Gasteiger partial charge in [0, 0.05) is 17.7 Å². The first-order valence-corrected chi connectivity index (χ1v) is 4.77. The van der Waals surface area contributed by atoms with Crippen LogP contribution in [-0.2, 0) is 6.42 Å². The summed E-state index contributed by atoms with van der Waals surface area (Å²) in [6, 6.07) is 12.8. The summed E-state index contributed by atoms with van der Waals surface area (Å²) < 4.78 is 0. The van der Waals surface area contributed by atoms with Crippen LogP contribution in [0.25, 0.3) is 10.9 Å². The molecule has 14 heavy (non-hydrogen) atoms. The van der Waals surface area contributed by atoms with Crippen LogP contribution >= 0.6 is 0 Å². The summed E-state index contributed by atoms with van der Waals surface area (Å²) in [5.41, 5.74) is 2.01. The lowest BCUT2D eigenvalue weighted by Gasteiger charge is -2.01. The Hall–Kier alpha value is -1.41. The lowest BCUT2D eigenvalue weighted by atomic mass is 10.1. The summed E-state index contributed by atoms with van der Waals surface area (Å²) in [6.45, 7) is 0.223. The number of nitrogens with zero attached hydrogens (tertiary/aromatic N) is 1. The van der Waals surface area contributed by atoms with Crippen molar-refractivity contribution in [1.29, 1.82) is 0 Å². The topological polar surface area (TPSA) is 33.1 Å². The number of aliphatic hydroxyl groups excluding tert-OH is 1. The van der Waals surface area contributed by atoms with Crippen LogP contribution in [0.4, 0.5) is 0 Å². The van der Waals surface area contributed by atoms with Crippen LogP contribution in [0, 0.1) is 6.07 Å². The van der Waals surface area contributed by atoms with Gasteiger partial charge in [-0.1, -0.05) is 18.2 Å². The highest BCUT2D eigenvalue weighted by Crippen LogP contribution is 2.12. The second-order valence-corrected chi connectivity index (χ2v) is 3.25. The van der Waals surface area contributed by atoms with Gasteiger partial charge in [0.1, 0.15) is 0 Å². The third kappa shape index (κ3) is 1.91. The van der Waals surface area contributed by atoms with Gasteiger partial charge in [-0.2, -0.15) is 0 Å². The zero-order valence-electron chi connectivity index (χ0n) is 7.90. The number of aromatic nitrogens is 1. The zero-order valence-corrected chi connectivity index (χ0v) is 7.90. The number of aliphatic hydroxyl groups is 1. The molecule has 1 aromatic heterocycles. The molecule has 0 unspecified atom stereocenters. The number of fused-ring (bicyclic) bond motifs is 1. The van der Waals surface area contributed by atoms with E-state index in [9.17, 15) is 0 Å². The van der Waals surface area contributed by atoms with E-state index in [1.165, 1.54) is 0 Å². The maximum absolute atomic E-state index is 8.71. The van der Waals surface area contributed by atoms with Crippen molar-refractivity contribution in [1.82, 2.24) is 4.98 Å². The smallest absolute Gasteiger partial charge is 0.0711 e. The summed E-state index contributed by atoms with van der Waals surface area (Å²) >= 11 is 0. The summed E-state index contributed by atoms with van der Waals surface area (Å²) in [5.74, 6) is 0. The molecule has 0 bridgehead atoms. The third-order valence-electron chi connectivity index (χ3n) is 2.19. The molecular formula is C12H12NO. The highest BCUT2D eigenvalue weighted by molar-refractivity contribution is 5.78. The Balaban J connectivity index is 2.32. The molecule has 2 rings (SSSR count). The van der Waals surface area contributed by atoms with Crippen LogP contribution in [0.2, 0.25) is 0 Å². The first kappa shape index (κ1) is 9.16. The Morgan fingerprint density at radius 3 is 3.07 bits per heavy atom. The van der Waals surface area contributed by atoms with E-state index in [1.807, 2.05) is 24.3 Å². The van der Waals surface area contributed by atoms with Gasteiger partial charge in [0.25, 0.3) is 0 Å². The van der Waals surface area contributed by atoms with E-state index in [-0.39, 0.29) is 6.61 Å². The average molecular weight is 186 g/mol. The Bertz CT molecular complexity index is 425. The van der Waals surface area contributed by atoms with Crippen LogP contribution in [-0.4, -0.2) is 16.7 Å². The molecule has 0 aliphatic rings. The minimum atomic E-state index is 0.223.